The quantitative estimate of drug-likeness (QED) is 0.784. The van der Waals surface area contributed by atoms with Gasteiger partial charge in [0.1, 0.15) is 0 Å². The van der Waals surface area contributed by atoms with E-state index in [0.717, 1.165) is 0 Å². The topological polar surface area (TPSA) is 60.4 Å². The number of carbonyl (C=O) groups is 3. The minimum absolute atomic E-state index is 0.0911. The van der Waals surface area contributed by atoms with Gasteiger partial charge in [-0.3, -0.25) is 9.59 Å². The predicted octanol–water partition coefficient (Wildman–Crippen LogP) is 2.73. The molecular weight excluding hydrogens is 268 g/mol. The van der Waals surface area contributed by atoms with E-state index in [1.165, 1.54) is 6.08 Å². The molecule has 110 valence electrons. The maximum absolute atomic E-state index is 12.5. The molecule has 0 radical (unpaired) electrons. The Bertz CT molecular complexity index is 611. The van der Waals surface area contributed by atoms with Crippen molar-refractivity contribution >= 4 is 17.5 Å². The molecule has 2 rings (SSSR count). The number of rotatable bonds is 2. The van der Waals surface area contributed by atoms with Gasteiger partial charge in [0.2, 0.25) is 0 Å². The van der Waals surface area contributed by atoms with E-state index < -0.39 is 17.5 Å². The van der Waals surface area contributed by atoms with E-state index >= 15 is 0 Å². The van der Waals surface area contributed by atoms with Gasteiger partial charge in [-0.1, -0.05) is 32.0 Å². The lowest BCUT2D eigenvalue weighted by atomic mass is 9.82. The molecule has 4 nitrogen and oxygen atoms in total. The zero-order chi connectivity index (χ0) is 15.6. The molecular formula is C17H18O4. The van der Waals surface area contributed by atoms with Crippen LogP contribution in [0.5, 0.6) is 0 Å². The van der Waals surface area contributed by atoms with Crippen LogP contribution in [-0.4, -0.2) is 23.6 Å². The average molecular weight is 286 g/mol. The first-order valence-corrected chi connectivity index (χ1v) is 6.83. The first kappa shape index (κ1) is 15.2. The second kappa shape index (κ2) is 5.64. The van der Waals surface area contributed by atoms with Gasteiger partial charge in [0.15, 0.2) is 17.7 Å². The highest BCUT2D eigenvalue weighted by molar-refractivity contribution is 6.04. The highest BCUT2D eigenvalue weighted by Crippen LogP contribution is 2.30. The van der Waals surface area contributed by atoms with Crippen molar-refractivity contribution in [3.63, 3.8) is 0 Å². The smallest absolute Gasteiger partial charge is 0.339 e. The van der Waals surface area contributed by atoms with Crippen molar-refractivity contribution in [2.24, 2.45) is 5.41 Å². The van der Waals surface area contributed by atoms with Gasteiger partial charge in [-0.25, -0.2) is 4.79 Å². The molecule has 0 amide bonds. The Labute approximate surface area is 123 Å². The van der Waals surface area contributed by atoms with Crippen LogP contribution in [0.3, 0.4) is 0 Å². The first-order valence-electron chi connectivity index (χ1n) is 6.83. The minimum atomic E-state index is -1.01. The lowest BCUT2D eigenvalue weighted by Gasteiger charge is -2.23. The van der Waals surface area contributed by atoms with Crippen molar-refractivity contribution in [3.8, 4) is 0 Å². The molecule has 4 heteroatoms. The van der Waals surface area contributed by atoms with Crippen LogP contribution in [0, 0.1) is 5.41 Å². The van der Waals surface area contributed by atoms with Crippen LogP contribution in [0.2, 0.25) is 0 Å². The summed E-state index contributed by atoms with van der Waals surface area (Å²) in [7, 11) is 0. The summed E-state index contributed by atoms with van der Waals surface area (Å²) >= 11 is 0. The Hall–Kier alpha value is -2.23. The molecule has 0 N–H and O–H groups in total. The SMILES string of the molecule is CC1=CC(OC(=O)c2ccccc2)C(=O)C(C)(C)CC1=O. The molecule has 0 fully saturated rings. The van der Waals surface area contributed by atoms with Crippen LogP contribution in [0.4, 0.5) is 0 Å². The number of Topliss-reactive ketones (excluding diaryl/α,β-unsaturated/α-hetero) is 2. The number of allylic oxidation sites excluding steroid dienone is 1. The minimum Gasteiger partial charge on any atom is -0.446 e. The Morgan fingerprint density at radius 3 is 2.43 bits per heavy atom. The van der Waals surface area contributed by atoms with Crippen molar-refractivity contribution in [2.75, 3.05) is 0 Å². The monoisotopic (exact) mass is 286 g/mol. The summed E-state index contributed by atoms with van der Waals surface area (Å²) < 4.78 is 5.31. The van der Waals surface area contributed by atoms with Crippen molar-refractivity contribution in [1.29, 1.82) is 0 Å². The largest absolute Gasteiger partial charge is 0.446 e. The molecule has 0 aromatic heterocycles. The summed E-state index contributed by atoms with van der Waals surface area (Å²) in [5.41, 5.74) is -0.00278. The van der Waals surface area contributed by atoms with Crippen molar-refractivity contribution in [1.82, 2.24) is 0 Å². The van der Waals surface area contributed by atoms with Crippen LogP contribution >= 0.6 is 0 Å². The predicted molar refractivity (Wildman–Crippen MR) is 77.8 cm³/mol. The van der Waals surface area contributed by atoms with Gasteiger partial charge < -0.3 is 4.74 Å². The third-order valence-corrected chi connectivity index (χ3v) is 3.61. The van der Waals surface area contributed by atoms with E-state index in [1.807, 2.05) is 0 Å². The fourth-order valence-corrected chi connectivity index (χ4v) is 2.25. The Morgan fingerprint density at radius 2 is 1.81 bits per heavy atom. The number of esters is 1. The van der Waals surface area contributed by atoms with Crippen LogP contribution < -0.4 is 0 Å². The van der Waals surface area contributed by atoms with E-state index in [1.54, 1.807) is 51.1 Å². The van der Waals surface area contributed by atoms with Crippen LogP contribution in [0.25, 0.3) is 0 Å². The van der Waals surface area contributed by atoms with E-state index in [-0.39, 0.29) is 18.0 Å². The van der Waals surface area contributed by atoms with E-state index in [4.69, 9.17) is 4.74 Å². The van der Waals surface area contributed by atoms with E-state index in [9.17, 15) is 14.4 Å². The van der Waals surface area contributed by atoms with Gasteiger partial charge >= 0.3 is 5.97 Å². The fraction of sp³-hybridized carbons (Fsp3) is 0.353. The molecule has 1 aromatic carbocycles. The van der Waals surface area contributed by atoms with Gasteiger partial charge in [0, 0.05) is 11.8 Å². The Balaban J connectivity index is 2.26. The average Bonchev–Trinajstić information content (AvgIpc) is 2.51. The van der Waals surface area contributed by atoms with Crippen LogP contribution in [0.15, 0.2) is 42.0 Å². The highest BCUT2D eigenvalue weighted by atomic mass is 16.5. The molecule has 1 unspecified atom stereocenters. The summed E-state index contributed by atoms with van der Waals surface area (Å²) in [5, 5.41) is 0. The molecule has 1 aromatic rings. The van der Waals surface area contributed by atoms with Gasteiger partial charge in [-0.05, 0) is 30.7 Å². The van der Waals surface area contributed by atoms with E-state index in [2.05, 4.69) is 0 Å². The number of hydrogen-bond donors (Lipinski definition) is 0. The van der Waals surface area contributed by atoms with Crippen LogP contribution in [0.1, 0.15) is 37.6 Å². The maximum Gasteiger partial charge on any atom is 0.339 e. The number of hydrogen-bond acceptors (Lipinski definition) is 4. The summed E-state index contributed by atoms with van der Waals surface area (Å²) in [6.45, 7) is 5.03. The van der Waals surface area contributed by atoms with Gasteiger partial charge in [0.25, 0.3) is 0 Å². The van der Waals surface area contributed by atoms with Gasteiger partial charge in [-0.15, -0.1) is 0 Å². The molecule has 0 aliphatic heterocycles. The second-order valence-electron chi connectivity index (χ2n) is 5.89. The molecule has 0 saturated carbocycles. The highest BCUT2D eigenvalue weighted by Gasteiger charge is 2.39. The summed E-state index contributed by atoms with van der Waals surface area (Å²) in [6.07, 6.45) is 0.563. The number of ketones is 2. The third kappa shape index (κ3) is 3.27. The molecule has 1 aliphatic rings. The lowest BCUT2D eigenvalue weighted by molar-refractivity contribution is -0.135. The molecule has 1 aliphatic carbocycles. The maximum atomic E-state index is 12.5. The van der Waals surface area contributed by atoms with Crippen molar-refractivity contribution in [3.05, 3.63) is 47.5 Å². The summed E-state index contributed by atoms with van der Waals surface area (Å²) in [5.74, 6) is -0.910. The summed E-state index contributed by atoms with van der Waals surface area (Å²) in [4.78, 5) is 36.4. The molecule has 0 spiro atoms. The van der Waals surface area contributed by atoms with Gasteiger partial charge in [-0.2, -0.15) is 0 Å². The molecule has 21 heavy (non-hydrogen) atoms. The van der Waals surface area contributed by atoms with Crippen molar-refractivity contribution in [2.45, 2.75) is 33.3 Å². The number of carbonyl (C=O) groups excluding carboxylic acids is 3. The second-order valence-corrected chi connectivity index (χ2v) is 5.89. The van der Waals surface area contributed by atoms with E-state index in [0.29, 0.717) is 11.1 Å². The molecule has 0 saturated heterocycles. The molecule has 0 heterocycles. The number of ether oxygens (including phenoxy) is 1. The zero-order valence-corrected chi connectivity index (χ0v) is 12.4. The van der Waals surface area contributed by atoms with Gasteiger partial charge in [0.05, 0.1) is 5.56 Å². The lowest BCUT2D eigenvalue weighted by Crippen LogP contribution is -2.36. The zero-order valence-electron chi connectivity index (χ0n) is 12.4. The molecule has 0 bridgehead atoms. The fourth-order valence-electron chi connectivity index (χ4n) is 2.25. The normalized spacial score (nSPS) is 21.5. The number of benzene rings is 1. The standard InChI is InChI=1S/C17H18O4/c1-11-9-14(15(19)17(2,3)10-13(11)18)21-16(20)12-7-5-4-6-8-12/h4-9,14H,10H2,1-3H3. The Kier molecular flexibility index (Phi) is 4.07. The Morgan fingerprint density at radius 1 is 1.19 bits per heavy atom. The first-order chi connectivity index (χ1) is 9.81. The third-order valence-electron chi connectivity index (χ3n) is 3.61. The van der Waals surface area contributed by atoms with Crippen molar-refractivity contribution < 1.29 is 19.1 Å². The molecule has 1 atom stereocenters. The van der Waals surface area contributed by atoms with Crippen LogP contribution in [-0.2, 0) is 14.3 Å². The summed E-state index contributed by atoms with van der Waals surface area (Å²) in [6, 6.07) is 8.48.